The van der Waals surface area contributed by atoms with E-state index in [-0.39, 0.29) is 24.6 Å². The van der Waals surface area contributed by atoms with E-state index in [0.717, 1.165) is 5.56 Å². The minimum Gasteiger partial charge on any atom is -0.387 e. The SMILES string of the molecule is Cc1ccccc1C(=O)NC[C@H]1OC[C@@](O)(CN(O)C(=O)c2ccccc2)[C@@H]1O. The minimum absolute atomic E-state index is 0.0330. The number of aryl methyl sites for hydroxylation is 1. The summed E-state index contributed by atoms with van der Waals surface area (Å²) in [4.78, 5) is 24.6. The Labute approximate surface area is 168 Å². The molecule has 0 spiro atoms. The van der Waals surface area contributed by atoms with Crippen molar-refractivity contribution >= 4 is 11.8 Å². The number of hydrogen-bond acceptors (Lipinski definition) is 6. The van der Waals surface area contributed by atoms with Gasteiger partial charge in [0.1, 0.15) is 17.8 Å². The lowest BCUT2D eigenvalue weighted by Gasteiger charge is -2.29. The van der Waals surface area contributed by atoms with Gasteiger partial charge in [-0.2, -0.15) is 0 Å². The van der Waals surface area contributed by atoms with Gasteiger partial charge in [0.2, 0.25) is 0 Å². The highest BCUT2D eigenvalue weighted by Gasteiger charge is 2.49. The zero-order valence-electron chi connectivity index (χ0n) is 16.0. The Kier molecular flexibility index (Phi) is 6.29. The van der Waals surface area contributed by atoms with E-state index in [1.165, 1.54) is 12.1 Å². The van der Waals surface area contributed by atoms with Gasteiger partial charge in [-0.1, -0.05) is 36.4 Å². The van der Waals surface area contributed by atoms with Gasteiger partial charge in [-0.25, -0.2) is 5.06 Å². The molecular weight excluding hydrogens is 376 g/mol. The van der Waals surface area contributed by atoms with Gasteiger partial charge in [-0.3, -0.25) is 14.8 Å². The molecule has 3 rings (SSSR count). The van der Waals surface area contributed by atoms with Crippen LogP contribution < -0.4 is 5.32 Å². The van der Waals surface area contributed by atoms with E-state index < -0.39 is 30.3 Å². The summed E-state index contributed by atoms with van der Waals surface area (Å²) in [6.07, 6.45) is -2.29. The molecule has 29 heavy (non-hydrogen) atoms. The number of benzene rings is 2. The summed E-state index contributed by atoms with van der Waals surface area (Å²) in [6, 6.07) is 15.2. The summed E-state index contributed by atoms with van der Waals surface area (Å²) in [7, 11) is 0. The average Bonchev–Trinajstić information content (AvgIpc) is 3.00. The van der Waals surface area contributed by atoms with Crippen molar-refractivity contribution in [2.24, 2.45) is 0 Å². The second-order valence-electron chi connectivity index (χ2n) is 7.15. The number of hydroxylamine groups is 2. The molecule has 0 radical (unpaired) electrons. The van der Waals surface area contributed by atoms with Crippen LogP contribution in [0.2, 0.25) is 0 Å². The summed E-state index contributed by atoms with van der Waals surface area (Å²) < 4.78 is 5.42. The lowest BCUT2D eigenvalue weighted by molar-refractivity contribution is -0.133. The second kappa shape index (κ2) is 8.71. The van der Waals surface area contributed by atoms with Crippen LogP contribution in [-0.4, -0.2) is 69.8 Å². The van der Waals surface area contributed by atoms with Crippen LogP contribution in [0.25, 0.3) is 0 Å². The molecule has 0 bridgehead atoms. The molecule has 3 atom stereocenters. The van der Waals surface area contributed by atoms with Gasteiger partial charge in [0, 0.05) is 17.7 Å². The molecule has 154 valence electrons. The van der Waals surface area contributed by atoms with Crippen molar-refractivity contribution in [2.75, 3.05) is 19.7 Å². The maximum atomic E-state index is 12.3. The van der Waals surface area contributed by atoms with E-state index in [0.29, 0.717) is 10.6 Å². The van der Waals surface area contributed by atoms with Crippen LogP contribution in [0, 0.1) is 6.92 Å². The number of carbonyl (C=O) groups excluding carboxylic acids is 2. The zero-order chi connectivity index (χ0) is 21.0. The number of carbonyl (C=O) groups is 2. The summed E-state index contributed by atoms with van der Waals surface area (Å²) in [5.41, 5.74) is -0.305. The van der Waals surface area contributed by atoms with Crippen molar-refractivity contribution in [3.8, 4) is 0 Å². The third-order valence-electron chi connectivity index (χ3n) is 4.98. The van der Waals surface area contributed by atoms with Crippen molar-refractivity contribution in [2.45, 2.75) is 24.7 Å². The number of aliphatic hydroxyl groups excluding tert-OH is 1. The molecule has 0 aliphatic carbocycles. The minimum atomic E-state index is -1.86. The first kappa shape index (κ1) is 20.9. The predicted octanol–water partition coefficient (Wildman–Crippen LogP) is 0.747. The first-order chi connectivity index (χ1) is 13.8. The Morgan fingerprint density at radius 3 is 2.52 bits per heavy atom. The smallest absolute Gasteiger partial charge is 0.277 e. The molecule has 0 saturated carbocycles. The van der Waals surface area contributed by atoms with E-state index in [1.807, 2.05) is 19.1 Å². The Hall–Kier alpha value is -2.78. The van der Waals surface area contributed by atoms with Crippen LogP contribution in [0.4, 0.5) is 0 Å². The highest BCUT2D eigenvalue weighted by atomic mass is 16.5. The number of hydrogen-bond donors (Lipinski definition) is 4. The van der Waals surface area contributed by atoms with Crippen LogP contribution in [0.3, 0.4) is 0 Å². The van der Waals surface area contributed by atoms with Crippen molar-refractivity contribution in [1.29, 1.82) is 0 Å². The van der Waals surface area contributed by atoms with Gasteiger partial charge in [-0.05, 0) is 30.7 Å². The lowest BCUT2D eigenvalue weighted by Crippen LogP contribution is -2.54. The van der Waals surface area contributed by atoms with Gasteiger partial charge >= 0.3 is 0 Å². The molecule has 0 unspecified atom stereocenters. The highest BCUT2D eigenvalue weighted by Crippen LogP contribution is 2.26. The van der Waals surface area contributed by atoms with Crippen LogP contribution in [0.5, 0.6) is 0 Å². The fourth-order valence-corrected chi connectivity index (χ4v) is 3.26. The number of aliphatic hydroxyl groups is 2. The van der Waals surface area contributed by atoms with E-state index in [4.69, 9.17) is 4.74 Å². The normalized spacial score (nSPS) is 23.6. The maximum Gasteiger partial charge on any atom is 0.277 e. The average molecular weight is 400 g/mol. The van der Waals surface area contributed by atoms with Crippen LogP contribution in [0.15, 0.2) is 54.6 Å². The molecule has 2 aromatic carbocycles. The summed E-state index contributed by atoms with van der Waals surface area (Å²) in [5.74, 6) is -1.03. The van der Waals surface area contributed by atoms with Crippen molar-refractivity contribution in [1.82, 2.24) is 10.4 Å². The molecule has 1 aliphatic rings. The second-order valence-corrected chi connectivity index (χ2v) is 7.15. The molecule has 2 aromatic rings. The highest BCUT2D eigenvalue weighted by molar-refractivity contribution is 5.95. The van der Waals surface area contributed by atoms with Gasteiger partial charge in [-0.15, -0.1) is 0 Å². The van der Waals surface area contributed by atoms with Crippen LogP contribution >= 0.6 is 0 Å². The summed E-state index contributed by atoms with van der Waals surface area (Å²) in [5, 5.41) is 34.3. The fraction of sp³-hybridized carbons (Fsp3) is 0.333. The van der Waals surface area contributed by atoms with Gasteiger partial charge < -0.3 is 20.3 Å². The van der Waals surface area contributed by atoms with Crippen molar-refractivity contribution in [3.63, 3.8) is 0 Å². The molecule has 0 aromatic heterocycles. The van der Waals surface area contributed by atoms with Gasteiger partial charge in [0.05, 0.1) is 13.2 Å². The van der Waals surface area contributed by atoms with E-state index in [1.54, 1.807) is 30.3 Å². The first-order valence-electron chi connectivity index (χ1n) is 9.23. The molecule has 8 heteroatoms. The molecule has 1 fully saturated rings. The number of rotatable bonds is 6. The standard InChI is InChI=1S/C21H24N2O6/c1-14-7-5-6-10-16(14)19(25)22-11-17-18(24)21(27,13-29-17)12-23(28)20(26)15-8-3-2-4-9-15/h2-10,17-18,24,27-28H,11-13H2,1H3,(H,22,25)/t17-,18-,21+/m1/s1. The molecule has 2 amide bonds. The monoisotopic (exact) mass is 400 g/mol. The van der Waals surface area contributed by atoms with Crippen LogP contribution in [-0.2, 0) is 4.74 Å². The molecule has 1 aliphatic heterocycles. The van der Waals surface area contributed by atoms with E-state index in [2.05, 4.69) is 5.32 Å². The largest absolute Gasteiger partial charge is 0.387 e. The van der Waals surface area contributed by atoms with E-state index in [9.17, 15) is 25.0 Å². The summed E-state index contributed by atoms with van der Waals surface area (Å²) >= 11 is 0. The topological polar surface area (TPSA) is 119 Å². The number of amides is 2. The van der Waals surface area contributed by atoms with Gasteiger partial charge in [0.25, 0.3) is 11.8 Å². The number of nitrogens with zero attached hydrogens (tertiary/aromatic N) is 1. The lowest BCUT2D eigenvalue weighted by atomic mass is 9.96. The van der Waals surface area contributed by atoms with Crippen LogP contribution in [0.1, 0.15) is 26.3 Å². The Bertz CT molecular complexity index is 874. The fourth-order valence-electron chi connectivity index (χ4n) is 3.26. The quantitative estimate of drug-likeness (QED) is 0.420. The molecule has 8 nitrogen and oxygen atoms in total. The van der Waals surface area contributed by atoms with Gasteiger partial charge in [0.15, 0.2) is 0 Å². The Morgan fingerprint density at radius 1 is 1.17 bits per heavy atom. The molecule has 1 heterocycles. The van der Waals surface area contributed by atoms with Crippen molar-refractivity contribution in [3.05, 3.63) is 71.3 Å². The maximum absolute atomic E-state index is 12.3. The number of nitrogens with one attached hydrogen (secondary N) is 1. The first-order valence-corrected chi connectivity index (χ1v) is 9.23. The van der Waals surface area contributed by atoms with E-state index >= 15 is 0 Å². The number of ether oxygens (including phenoxy) is 1. The molecule has 1 saturated heterocycles. The molecular formula is C21H24N2O6. The third kappa shape index (κ3) is 4.63. The zero-order valence-corrected chi connectivity index (χ0v) is 16.0. The third-order valence-corrected chi connectivity index (χ3v) is 4.98. The summed E-state index contributed by atoms with van der Waals surface area (Å²) in [6.45, 7) is 0.950. The Morgan fingerprint density at radius 2 is 1.83 bits per heavy atom. The Balaban J connectivity index is 1.58. The molecule has 4 N–H and O–H groups in total. The van der Waals surface area contributed by atoms with Crippen molar-refractivity contribution < 1.29 is 29.7 Å². The predicted molar refractivity (Wildman–Crippen MR) is 103 cm³/mol.